The Morgan fingerprint density at radius 2 is 2.00 bits per heavy atom. The Labute approximate surface area is 138 Å². The SMILES string of the molecule is CC(Nc1cccc(F)c1)C1CCN(C(=O)OC(C)(C)C)CC1. The molecule has 1 heterocycles. The van der Waals surface area contributed by atoms with Crippen LogP contribution in [0.25, 0.3) is 0 Å². The summed E-state index contributed by atoms with van der Waals surface area (Å²) in [6.07, 6.45) is 1.60. The van der Waals surface area contributed by atoms with Gasteiger partial charge in [-0.1, -0.05) is 6.07 Å². The summed E-state index contributed by atoms with van der Waals surface area (Å²) < 4.78 is 18.6. The lowest BCUT2D eigenvalue weighted by Crippen LogP contribution is -2.44. The van der Waals surface area contributed by atoms with Crippen LogP contribution in [0, 0.1) is 11.7 Å². The molecule has 23 heavy (non-hydrogen) atoms. The summed E-state index contributed by atoms with van der Waals surface area (Å²) >= 11 is 0. The largest absolute Gasteiger partial charge is 0.444 e. The van der Waals surface area contributed by atoms with E-state index in [1.165, 1.54) is 12.1 Å². The van der Waals surface area contributed by atoms with Crippen LogP contribution in [-0.2, 0) is 4.74 Å². The van der Waals surface area contributed by atoms with Gasteiger partial charge in [0.15, 0.2) is 0 Å². The highest BCUT2D eigenvalue weighted by Crippen LogP contribution is 2.24. The van der Waals surface area contributed by atoms with Crippen LogP contribution in [0.5, 0.6) is 0 Å². The zero-order valence-corrected chi connectivity index (χ0v) is 14.4. The van der Waals surface area contributed by atoms with Gasteiger partial charge in [-0.2, -0.15) is 0 Å². The molecule has 5 heteroatoms. The first-order chi connectivity index (χ1) is 10.7. The van der Waals surface area contributed by atoms with Crippen LogP contribution in [-0.4, -0.2) is 35.7 Å². The standard InChI is InChI=1S/C18H27FN2O2/c1-13(20-16-7-5-6-15(19)12-16)14-8-10-21(11-9-14)17(22)23-18(2,3)4/h5-7,12-14,20H,8-11H2,1-4H3. The maximum atomic E-state index is 13.2. The molecular formula is C18H27FN2O2. The topological polar surface area (TPSA) is 41.6 Å². The molecule has 0 aromatic heterocycles. The van der Waals surface area contributed by atoms with Crippen molar-refractivity contribution < 1.29 is 13.9 Å². The van der Waals surface area contributed by atoms with E-state index in [0.717, 1.165) is 18.5 Å². The minimum atomic E-state index is -0.458. The number of carbonyl (C=O) groups excluding carboxylic acids is 1. The van der Waals surface area contributed by atoms with Crippen molar-refractivity contribution in [2.75, 3.05) is 18.4 Å². The van der Waals surface area contributed by atoms with Gasteiger partial charge in [0.25, 0.3) is 0 Å². The summed E-state index contributed by atoms with van der Waals surface area (Å²) in [6, 6.07) is 6.75. The van der Waals surface area contributed by atoms with Gasteiger partial charge < -0.3 is 15.0 Å². The maximum absolute atomic E-state index is 13.2. The molecular weight excluding hydrogens is 295 g/mol. The van der Waals surface area contributed by atoms with Crippen LogP contribution >= 0.6 is 0 Å². The maximum Gasteiger partial charge on any atom is 0.410 e. The molecule has 128 valence electrons. The third-order valence-electron chi connectivity index (χ3n) is 4.12. The molecule has 0 radical (unpaired) electrons. The number of carbonyl (C=O) groups is 1. The number of rotatable bonds is 3. The van der Waals surface area contributed by atoms with Crippen LogP contribution in [0.2, 0.25) is 0 Å². The molecule has 1 N–H and O–H groups in total. The summed E-state index contributed by atoms with van der Waals surface area (Å²) in [5, 5.41) is 3.36. The molecule has 1 aromatic rings. The Hall–Kier alpha value is -1.78. The van der Waals surface area contributed by atoms with Crippen LogP contribution in [0.3, 0.4) is 0 Å². The van der Waals surface area contributed by atoms with E-state index in [1.807, 2.05) is 26.8 Å². The minimum absolute atomic E-state index is 0.234. The average molecular weight is 322 g/mol. The first-order valence-corrected chi connectivity index (χ1v) is 8.24. The van der Waals surface area contributed by atoms with Crippen molar-refractivity contribution in [1.82, 2.24) is 4.90 Å². The fourth-order valence-corrected chi connectivity index (χ4v) is 2.87. The third kappa shape index (κ3) is 5.41. The number of piperidine rings is 1. The van der Waals surface area contributed by atoms with Gasteiger partial charge in [-0.25, -0.2) is 9.18 Å². The summed E-state index contributed by atoms with van der Waals surface area (Å²) in [6.45, 7) is 9.15. The summed E-state index contributed by atoms with van der Waals surface area (Å²) in [5.74, 6) is 0.221. The normalized spacial score (nSPS) is 17.7. The number of ether oxygens (including phenoxy) is 1. The molecule has 0 bridgehead atoms. The van der Waals surface area contributed by atoms with Crippen molar-refractivity contribution >= 4 is 11.8 Å². The number of nitrogens with zero attached hydrogens (tertiary/aromatic N) is 1. The molecule has 1 aliphatic rings. The van der Waals surface area contributed by atoms with E-state index in [0.29, 0.717) is 19.0 Å². The first kappa shape index (κ1) is 17.6. The molecule has 1 amide bonds. The van der Waals surface area contributed by atoms with Gasteiger partial charge in [0.05, 0.1) is 0 Å². The van der Waals surface area contributed by atoms with Gasteiger partial charge in [0.2, 0.25) is 0 Å². The number of hydrogen-bond acceptors (Lipinski definition) is 3. The highest BCUT2D eigenvalue weighted by Gasteiger charge is 2.29. The van der Waals surface area contributed by atoms with Gasteiger partial charge in [-0.15, -0.1) is 0 Å². The zero-order valence-electron chi connectivity index (χ0n) is 14.4. The number of benzene rings is 1. The molecule has 1 aromatic carbocycles. The first-order valence-electron chi connectivity index (χ1n) is 8.24. The fourth-order valence-electron chi connectivity index (χ4n) is 2.87. The molecule has 0 spiro atoms. The van der Waals surface area contributed by atoms with E-state index in [9.17, 15) is 9.18 Å². The van der Waals surface area contributed by atoms with Crippen molar-refractivity contribution in [2.24, 2.45) is 5.92 Å². The number of halogens is 1. The Morgan fingerprint density at radius 1 is 1.35 bits per heavy atom. The van der Waals surface area contributed by atoms with Crippen molar-refractivity contribution in [3.8, 4) is 0 Å². The van der Waals surface area contributed by atoms with E-state index in [1.54, 1.807) is 11.0 Å². The Morgan fingerprint density at radius 3 is 2.57 bits per heavy atom. The molecule has 1 fully saturated rings. The minimum Gasteiger partial charge on any atom is -0.444 e. The lowest BCUT2D eigenvalue weighted by atomic mass is 9.90. The second kappa shape index (κ2) is 7.20. The predicted octanol–water partition coefficient (Wildman–Crippen LogP) is 4.27. The van der Waals surface area contributed by atoms with Gasteiger partial charge in [-0.3, -0.25) is 0 Å². The quantitative estimate of drug-likeness (QED) is 0.903. The van der Waals surface area contributed by atoms with Gasteiger partial charge in [0, 0.05) is 24.8 Å². The molecule has 0 aliphatic carbocycles. The lowest BCUT2D eigenvalue weighted by Gasteiger charge is -2.36. The number of amides is 1. The molecule has 1 atom stereocenters. The monoisotopic (exact) mass is 322 g/mol. The van der Waals surface area contributed by atoms with Crippen molar-refractivity contribution in [3.63, 3.8) is 0 Å². The van der Waals surface area contributed by atoms with Crippen LogP contribution in [0.1, 0.15) is 40.5 Å². The lowest BCUT2D eigenvalue weighted by molar-refractivity contribution is 0.0179. The highest BCUT2D eigenvalue weighted by molar-refractivity contribution is 5.68. The Balaban J connectivity index is 1.83. The van der Waals surface area contributed by atoms with Crippen LogP contribution in [0.15, 0.2) is 24.3 Å². The summed E-state index contributed by atoms with van der Waals surface area (Å²) in [4.78, 5) is 13.8. The molecule has 2 rings (SSSR count). The number of hydrogen-bond donors (Lipinski definition) is 1. The zero-order chi connectivity index (χ0) is 17.0. The fraction of sp³-hybridized carbons (Fsp3) is 0.611. The van der Waals surface area contributed by atoms with E-state index in [4.69, 9.17) is 4.74 Å². The molecule has 1 saturated heterocycles. The summed E-state index contributed by atoms with van der Waals surface area (Å²) in [7, 11) is 0. The van der Waals surface area contributed by atoms with Crippen LogP contribution in [0.4, 0.5) is 14.9 Å². The average Bonchev–Trinajstić information content (AvgIpc) is 2.45. The highest BCUT2D eigenvalue weighted by atomic mass is 19.1. The third-order valence-corrected chi connectivity index (χ3v) is 4.12. The molecule has 0 saturated carbocycles. The Bertz CT molecular complexity index is 534. The smallest absolute Gasteiger partial charge is 0.410 e. The second-order valence-corrected chi connectivity index (χ2v) is 7.25. The van der Waals surface area contributed by atoms with Crippen LogP contribution < -0.4 is 5.32 Å². The predicted molar refractivity (Wildman–Crippen MR) is 90.0 cm³/mol. The van der Waals surface area contributed by atoms with E-state index in [2.05, 4.69) is 12.2 Å². The van der Waals surface area contributed by atoms with Crippen molar-refractivity contribution in [1.29, 1.82) is 0 Å². The molecule has 4 nitrogen and oxygen atoms in total. The number of likely N-dealkylation sites (tertiary alicyclic amines) is 1. The van der Waals surface area contributed by atoms with Gasteiger partial charge in [0.1, 0.15) is 11.4 Å². The van der Waals surface area contributed by atoms with Gasteiger partial charge >= 0.3 is 6.09 Å². The van der Waals surface area contributed by atoms with Crippen molar-refractivity contribution in [3.05, 3.63) is 30.1 Å². The molecule has 1 unspecified atom stereocenters. The summed E-state index contributed by atoms with van der Waals surface area (Å²) in [5.41, 5.74) is 0.340. The Kier molecular flexibility index (Phi) is 5.50. The number of anilines is 1. The van der Waals surface area contributed by atoms with E-state index in [-0.39, 0.29) is 18.0 Å². The molecule has 1 aliphatic heterocycles. The van der Waals surface area contributed by atoms with E-state index >= 15 is 0 Å². The van der Waals surface area contributed by atoms with E-state index < -0.39 is 5.60 Å². The second-order valence-electron chi connectivity index (χ2n) is 7.25. The number of nitrogens with one attached hydrogen (secondary N) is 1. The van der Waals surface area contributed by atoms with Crippen molar-refractivity contribution in [2.45, 2.75) is 52.2 Å². The van der Waals surface area contributed by atoms with Gasteiger partial charge in [-0.05, 0) is 64.7 Å².